The van der Waals surface area contributed by atoms with Gasteiger partial charge in [0, 0.05) is 11.4 Å². The molecular formula is C17H17NO3S2. The number of carbonyl (C=O) groups excluding carboxylic acids is 2. The molecule has 0 bridgehead atoms. The van der Waals surface area contributed by atoms with Gasteiger partial charge in [-0.2, -0.15) is 0 Å². The van der Waals surface area contributed by atoms with Crippen LogP contribution in [0.4, 0.5) is 0 Å². The Hall–Kier alpha value is -1.79. The largest absolute Gasteiger partial charge is 0.465 e. The number of rotatable bonds is 5. The number of nitrogens with zero attached hydrogens (tertiary/aromatic N) is 1. The van der Waals surface area contributed by atoms with E-state index in [1.54, 1.807) is 35.2 Å². The monoisotopic (exact) mass is 347 g/mol. The first-order chi connectivity index (χ1) is 11.2. The second-order valence-corrected chi connectivity index (χ2v) is 7.29. The topological polar surface area (TPSA) is 46.6 Å². The van der Waals surface area contributed by atoms with Crippen molar-refractivity contribution in [2.24, 2.45) is 0 Å². The number of thiophene rings is 1. The summed E-state index contributed by atoms with van der Waals surface area (Å²) >= 11 is 3.35. The third-order valence-electron chi connectivity index (χ3n) is 3.76. The van der Waals surface area contributed by atoms with E-state index in [2.05, 4.69) is 11.4 Å². The summed E-state index contributed by atoms with van der Waals surface area (Å²) in [5.41, 5.74) is 1.57. The fourth-order valence-corrected chi connectivity index (χ4v) is 4.48. The number of carbonyl (C=O) groups is 2. The van der Waals surface area contributed by atoms with E-state index >= 15 is 0 Å². The number of benzene rings is 1. The highest BCUT2D eigenvalue weighted by Gasteiger charge is 2.32. The molecular weight excluding hydrogens is 330 g/mol. The number of thioether (sulfide) groups is 1. The number of ether oxygens (including phenoxy) is 1. The zero-order valence-electron chi connectivity index (χ0n) is 12.7. The molecule has 1 unspecified atom stereocenters. The van der Waals surface area contributed by atoms with Crippen molar-refractivity contribution in [3.05, 3.63) is 57.8 Å². The zero-order valence-corrected chi connectivity index (χ0v) is 14.4. The van der Waals surface area contributed by atoms with Gasteiger partial charge in [-0.15, -0.1) is 23.1 Å². The Balaban J connectivity index is 1.72. The van der Waals surface area contributed by atoms with Gasteiger partial charge in [-0.25, -0.2) is 4.79 Å². The lowest BCUT2D eigenvalue weighted by atomic mass is 10.1. The van der Waals surface area contributed by atoms with Crippen LogP contribution in [0.1, 0.15) is 26.2 Å². The maximum atomic E-state index is 12.2. The molecule has 0 aliphatic carbocycles. The lowest BCUT2D eigenvalue weighted by molar-refractivity contribution is -0.128. The molecule has 23 heavy (non-hydrogen) atoms. The van der Waals surface area contributed by atoms with Crippen LogP contribution in [0, 0.1) is 0 Å². The Kier molecular flexibility index (Phi) is 5.03. The summed E-state index contributed by atoms with van der Waals surface area (Å²) in [6, 6.07) is 11.4. The number of hydrogen-bond acceptors (Lipinski definition) is 5. The first-order valence-electron chi connectivity index (χ1n) is 7.31. The summed E-state index contributed by atoms with van der Waals surface area (Å²) in [7, 11) is 1.37. The molecule has 4 nitrogen and oxygen atoms in total. The van der Waals surface area contributed by atoms with Gasteiger partial charge in [0.25, 0.3) is 0 Å². The molecule has 1 aliphatic heterocycles. The molecule has 1 aromatic carbocycles. The van der Waals surface area contributed by atoms with Crippen LogP contribution in [0.25, 0.3) is 0 Å². The number of hydrogen-bond donors (Lipinski definition) is 0. The van der Waals surface area contributed by atoms with Crippen molar-refractivity contribution < 1.29 is 14.3 Å². The molecule has 1 saturated heterocycles. The van der Waals surface area contributed by atoms with Gasteiger partial charge in [0.05, 0.1) is 18.4 Å². The molecule has 0 N–H and O–H groups in total. The van der Waals surface area contributed by atoms with Crippen LogP contribution in [0.2, 0.25) is 0 Å². The average Bonchev–Trinajstić information content (AvgIpc) is 3.22. The van der Waals surface area contributed by atoms with Crippen LogP contribution in [-0.2, 0) is 16.0 Å². The molecule has 6 heteroatoms. The Morgan fingerprint density at radius 3 is 2.74 bits per heavy atom. The SMILES string of the molecule is COC(=O)c1ccc(C2SCC(=O)N2CCc2cccs2)cc1. The highest BCUT2D eigenvalue weighted by molar-refractivity contribution is 8.00. The molecule has 0 radical (unpaired) electrons. The molecule has 1 fully saturated rings. The first-order valence-corrected chi connectivity index (χ1v) is 9.23. The highest BCUT2D eigenvalue weighted by Crippen LogP contribution is 2.38. The molecule has 2 heterocycles. The fourth-order valence-electron chi connectivity index (χ4n) is 2.56. The van der Waals surface area contributed by atoms with E-state index in [-0.39, 0.29) is 17.3 Å². The predicted molar refractivity (Wildman–Crippen MR) is 92.7 cm³/mol. The van der Waals surface area contributed by atoms with Gasteiger partial charge in [-0.1, -0.05) is 18.2 Å². The Morgan fingerprint density at radius 2 is 2.09 bits per heavy atom. The Bertz CT molecular complexity index is 682. The van der Waals surface area contributed by atoms with Gasteiger partial charge in [0.1, 0.15) is 5.37 Å². The lowest BCUT2D eigenvalue weighted by Gasteiger charge is -2.24. The number of esters is 1. The van der Waals surface area contributed by atoms with Gasteiger partial charge < -0.3 is 9.64 Å². The molecule has 3 rings (SSSR count). The van der Waals surface area contributed by atoms with Crippen molar-refractivity contribution >= 4 is 35.0 Å². The molecule has 1 atom stereocenters. The maximum absolute atomic E-state index is 12.2. The highest BCUT2D eigenvalue weighted by atomic mass is 32.2. The van der Waals surface area contributed by atoms with E-state index in [1.807, 2.05) is 23.1 Å². The molecule has 1 aliphatic rings. The maximum Gasteiger partial charge on any atom is 0.337 e. The first kappa shape index (κ1) is 16.1. The Labute approximate surface area is 143 Å². The van der Waals surface area contributed by atoms with Gasteiger partial charge in [-0.3, -0.25) is 4.79 Å². The zero-order chi connectivity index (χ0) is 16.2. The van der Waals surface area contributed by atoms with E-state index in [0.29, 0.717) is 11.3 Å². The summed E-state index contributed by atoms with van der Waals surface area (Å²) in [6.45, 7) is 0.718. The standard InChI is InChI=1S/C17H17NO3S2/c1-21-17(20)13-6-4-12(5-7-13)16-18(15(19)11-23-16)9-8-14-3-2-10-22-14/h2-7,10,16H,8-9,11H2,1H3. The van der Waals surface area contributed by atoms with Crippen molar-refractivity contribution in [2.45, 2.75) is 11.8 Å². The van der Waals surface area contributed by atoms with Crippen LogP contribution in [-0.4, -0.2) is 36.2 Å². The fraction of sp³-hybridized carbons (Fsp3) is 0.294. The van der Waals surface area contributed by atoms with Crippen LogP contribution in [0.3, 0.4) is 0 Å². The van der Waals surface area contributed by atoms with Crippen LogP contribution in [0.15, 0.2) is 41.8 Å². The van der Waals surface area contributed by atoms with Gasteiger partial charge in [-0.05, 0) is 35.6 Å². The average molecular weight is 347 g/mol. The van der Waals surface area contributed by atoms with Crippen molar-refractivity contribution in [1.82, 2.24) is 4.90 Å². The van der Waals surface area contributed by atoms with E-state index in [1.165, 1.54) is 12.0 Å². The normalized spacial score (nSPS) is 17.5. The van der Waals surface area contributed by atoms with Crippen molar-refractivity contribution in [1.29, 1.82) is 0 Å². The van der Waals surface area contributed by atoms with E-state index < -0.39 is 0 Å². The third kappa shape index (κ3) is 3.59. The Morgan fingerprint density at radius 1 is 1.30 bits per heavy atom. The van der Waals surface area contributed by atoms with Crippen molar-refractivity contribution in [3.63, 3.8) is 0 Å². The lowest BCUT2D eigenvalue weighted by Crippen LogP contribution is -2.30. The predicted octanol–water partition coefficient (Wildman–Crippen LogP) is 3.35. The van der Waals surface area contributed by atoms with Gasteiger partial charge >= 0.3 is 5.97 Å². The second kappa shape index (κ2) is 7.19. The quantitative estimate of drug-likeness (QED) is 0.778. The minimum absolute atomic E-state index is 0.0224. The van der Waals surface area contributed by atoms with Crippen molar-refractivity contribution in [3.8, 4) is 0 Å². The minimum Gasteiger partial charge on any atom is -0.465 e. The van der Waals surface area contributed by atoms with Gasteiger partial charge in [0.2, 0.25) is 5.91 Å². The summed E-state index contributed by atoms with van der Waals surface area (Å²) < 4.78 is 4.71. The molecule has 2 aromatic rings. The summed E-state index contributed by atoms with van der Waals surface area (Å²) in [6.07, 6.45) is 0.876. The molecule has 0 saturated carbocycles. The molecule has 1 amide bonds. The molecule has 120 valence electrons. The van der Waals surface area contributed by atoms with Gasteiger partial charge in [0.15, 0.2) is 0 Å². The summed E-state index contributed by atoms with van der Waals surface area (Å²) in [4.78, 5) is 26.9. The minimum atomic E-state index is -0.346. The second-order valence-electron chi connectivity index (χ2n) is 5.19. The smallest absolute Gasteiger partial charge is 0.337 e. The van der Waals surface area contributed by atoms with E-state index in [9.17, 15) is 9.59 Å². The van der Waals surface area contributed by atoms with E-state index in [4.69, 9.17) is 4.74 Å². The van der Waals surface area contributed by atoms with Crippen molar-refractivity contribution in [2.75, 3.05) is 19.4 Å². The number of methoxy groups -OCH3 is 1. The van der Waals surface area contributed by atoms with Crippen LogP contribution in [0.5, 0.6) is 0 Å². The summed E-state index contributed by atoms with van der Waals surface area (Å²) in [5, 5.41) is 2.08. The number of amides is 1. The van der Waals surface area contributed by atoms with Crippen LogP contribution >= 0.6 is 23.1 Å². The third-order valence-corrected chi connectivity index (χ3v) is 5.96. The van der Waals surface area contributed by atoms with E-state index in [0.717, 1.165) is 18.5 Å². The summed E-state index contributed by atoms with van der Waals surface area (Å²) in [5.74, 6) is 0.336. The molecule has 1 aromatic heterocycles. The molecule has 0 spiro atoms. The van der Waals surface area contributed by atoms with Crippen LogP contribution < -0.4 is 0 Å².